The Kier molecular flexibility index (Phi) is 5.32. The van der Waals surface area contributed by atoms with Crippen molar-refractivity contribution in [2.75, 3.05) is 12.4 Å². The van der Waals surface area contributed by atoms with Crippen molar-refractivity contribution >= 4 is 21.0 Å². The van der Waals surface area contributed by atoms with E-state index in [1.807, 2.05) is 0 Å². The molecular formula is C18H18N4O6S. The number of benzene rings is 1. The number of aliphatic hydroxyl groups is 1. The molecule has 3 aromatic rings. The molecule has 0 aliphatic rings. The number of fused-ring (bicyclic) bond motifs is 1. The average molecular weight is 418 g/mol. The van der Waals surface area contributed by atoms with Crippen LogP contribution >= 0.6 is 0 Å². The number of hydrogen-bond donors (Lipinski definition) is 2. The predicted octanol–water partition coefficient (Wildman–Crippen LogP) is -1.04. The minimum atomic E-state index is -3.96. The van der Waals surface area contributed by atoms with Crippen LogP contribution in [-0.4, -0.2) is 49.7 Å². The summed E-state index contributed by atoms with van der Waals surface area (Å²) in [6, 6.07) is 6.24. The van der Waals surface area contributed by atoms with Gasteiger partial charge in [0.15, 0.2) is 11.2 Å². The Morgan fingerprint density at radius 1 is 1.17 bits per heavy atom. The Labute approximate surface area is 165 Å². The van der Waals surface area contributed by atoms with E-state index in [1.54, 1.807) is 12.1 Å². The van der Waals surface area contributed by atoms with E-state index < -0.39 is 38.6 Å². The molecule has 0 fully saturated rings. The lowest BCUT2D eigenvalue weighted by atomic mass is 10.2. The second-order valence-electron chi connectivity index (χ2n) is 6.25. The van der Waals surface area contributed by atoms with Crippen LogP contribution in [0.3, 0.4) is 0 Å². The van der Waals surface area contributed by atoms with Gasteiger partial charge in [0, 0.05) is 19.7 Å². The summed E-state index contributed by atoms with van der Waals surface area (Å²) in [5.74, 6) is 5.03. The molecule has 29 heavy (non-hydrogen) atoms. The topological polar surface area (TPSA) is 136 Å². The number of rotatable bonds is 4. The van der Waals surface area contributed by atoms with Crippen molar-refractivity contribution in [1.29, 1.82) is 0 Å². The standard InChI is InChI=1S/C18H18N4O6S/c1-20-14-15(19-17(20)29(27,28)10-9-23)22(18(26)21(2)16(14)25)8-4-6-12-5-3-7-13(24)11-12/h3,5,7,11,23-24H,8-10H2,1-2H3. The molecule has 10 nitrogen and oxygen atoms in total. The number of nitrogens with zero attached hydrogens (tertiary/aromatic N) is 4. The van der Waals surface area contributed by atoms with Gasteiger partial charge in [-0.1, -0.05) is 17.9 Å². The van der Waals surface area contributed by atoms with E-state index >= 15 is 0 Å². The fraction of sp³-hybridized carbons (Fsp3) is 0.278. The zero-order valence-electron chi connectivity index (χ0n) is 15.7. The summed E-state index contributed by atoms with van der Waals surface area (Å²) < 4.78 is 27.8. The van der Waals surface area contributed by atoms with E-state index in [1.165, 1.54) is 26.2 Å². The third kappa shape index (κ3) is 3.67. The maximum absolute atomic E-state index is 12.6. The van der Waals surface area contributed by atoms with Crippen molar-refractivity contribution in [2.24, 2.45) is 14.1 Å². The Morgan fingerprint density at radius 3 is 2.55 bits per heavy atom. The lowest BCUT2D eigenvalue weighted by Crippen LogP contribution is -2.38. The Hall–Kier alpha value is -3.36. The smallest absolute Gasteiger partial charge is 0.333 e. The molecule has 0 aliphatic carbocycles. The van der Waals surface area contributed by atoms with Gasteiger partial charge in [-0.3, -0.25) is 13.9 Å². The normalized spacial score (nSPS) is 11.4. The van der Waals surface area contributed by atoms with Crippen molar-refractivity contribution in [3.63, 3.8) is 0 Å². The van der Waals surface area contributed by atoms with Crippen LogP contribution in [-0.2, 0) is 30.5 Å². The summed E-state index contributed by atoms with van der Waals surface area (Å²) >= 11 is 0. The zero-order valence-corrected chi connectivity index (χ0v) is 16.5. The van der Waals surface area contributed by atoms with Crippen LogP contribution < -0.4 is 11.2 Å². The Morgan fingerprint density at radius 2 is 1.90 bits per heavy atom. The number of phenols is 1. The van der Waals surface area contributed by atoms with Gasteiger partial charge in [-0.2, -0.15) is 4.98 Å². The van der Waals surface area contributed by atoms with E-state index in [2.05, 4.69) is 16.8 Å². The summed E-state index contributed by atoms with van der Waals surface area (Å²) in [5.41, 5.74) is -1.05. The van der Waals surface area contributed by atoms with Gasteiger partial charge in [0.05, 0.1) is 18.9 Å². The molecule has 11 heteroatoms. The maximum Gasteiger partial charge on any atom is 0.333 e. The SMILES string of the molecule is Cn1c(=O)c2c(nc(S(=O)(=O)CCO)n2C)n(CC#Cc2cccc(O)c2)c1=O. The minimum Gasteiger partial charge on any atom is -0.508 e. The summed E-state index contributed by atoms with van der Waals surface area (Å²) in [4.78, 5) is 29.1. The van der Waals surface area contributed by atoms with E-state index in [0.29, 0.717) is 5.56 Å². The third-order valence-corrected chi connectivity index (χ3v) is 5.91. The summed E-state index contributed by atoms with van der Waals surface area (Å²) in [6.45, 7) is -0.763. The summed E-state index contributed by atoms with van der Waals surface area (Å²) in [5, 5.41) is 18.1. The van der Waals surface area contributed by atoms with Crippen LogP contribution in [0.5, 0.6) is 5.75 Å². The molecule has 1 aromatic carbocycles. The molecule has 0 bridgehead atoms. The first-order valence-corrected chi connectivity index (χ1v) is 10.1. The largest absolute Gasteiger partial charge is 0.508 e. The van der Waals surface area contributed by atoms with Gasteiger partial charge >= 0.3 is 5.69 Å². The summed E-state index contributed by atoms with van der Waals surface area (Å²) in [6.07, 6.45) is 0. The molecule has 0 unspecified atom stereocenters. The van der Waals surface area contributed by atoms with Gasteiger partial charge in [0.1, 0.15) is 5.75 Å². The Balaban J connectivity index is 2.20. The predicted molar refractivity (Wildman–Crippen MR) is 104 cm³/mol. The number of aliphatic hydroxyl groups excluding tert-OH is 1. The quantitative estimate of drug-likeness (QED) is 0.516. The molecule has 0 amide bonds. The molecule has 0 saturated heterocycles. The summed E-state index contributed by atoms with van der Waals surface area (Å²) in [7, 11) is -1.32. The van der Waals surface area contributed by atoms with Crippen molar-refractivity contribution < 1.29 is 18.6 Å². The van der Waals surface area contributed by atoms with Crippen molar-refractivity contribution in [2.45, 2.75) is 11.7 Å². The van der Waals surface area contributed by atoms with Gasteiger partial charge < -0.3 is 14.8 Å². The highest BCUT2D eigenvalue weighted by molar-refractivity contribution is 7.91. The number of aryl methyl sites for hydroxylation is 1. The van der Waals surface area contributed by atoms with E-state index in [9.17, 15) is 23.1 Å². The number of aromatic hydroxyl groups is 1. The first kappa shape index (κ1) is 20.4. The molecule has 2 heterocycles. The highest BCUT2D eigenvalue weighted by Crippen LogP contribution is 2.15. The van der Waals surface area contributed by atoms with E-state index in [-0.39, 0.29) is 23.5 Å². The lowest BCUT2D eigenvalue weighted by molar-refractivity contribution is 0.319. The number of aromatic nitrogens is 4. The Bertz CT molecular complexity index is 1390. The van der Waals surface area contributed by atoms with Crippen LogP contribution in [0.2, 0.25) is 0 Å². The molecule has 0 spiro atoms. The van der Waals surface area contributed by atoms with Crippen LogP contribution in [0.1, 0.15) is 5.56 Å². The number of sulfone groups is 1. The second-order valence-corrected chi connectivity index (χ2v) is 8.26. The number of hydrogen-bond acceptors (Lipinski definition) is 7. The fourth-order valence-corrected chi connectivity index (χ4v) is 4.00. The molecule has 0 radical (unpaired) electrons. The monoisotopic (exact) mass is 418 g/mol. The molecule has 2 aromatic heterocycles. The van der Waals surface area contributed by atoms with Crippen molar-refractivity contribution in [3.05, 3.63) is 50.7 Å². The van der Waals surface area contributed by atoms with E-state index in [0.717, 1.165) is 13.7 Å². The third-order valence-electron chi connectivity index (χ3n) is 4.27. The van der Waals surface area contributed by atoms with Gasteiger partial charge in [0.25, 0.3) is 5.56 Å². The van der Waals surface area contributed by atoms with Gasteiger partial charge in [-0.25, -0.2) is 13.2 Å². The van der Waals surface area contributed by atoms with Gasteiger partial charge in [0.2, 0.25) is 15.0 Å². The van der Waals surface area contributed by atoms with Gasteiger partial charge in [-0.15, -0.1) is 0 Å². The van der Waals surface area contributed by atoms with Crippen molar-refractivity contribution in [1.82, 2.24) is 18.7 Å². The first-order chi connectivity index (χ1) is 13.7. The average Bonchev–Trinajstić information content (AvgIpc) is 3.01. The molecule has 3 rings (SSSR count). The minimum absolute atomic E-state index is 0.0434. The molecule has 0 saturated carbocycles. The molecule has 0 atom stereocenters. The second kappa shape index (κ2) is 7.57. The van der Waals surface area contributed by atoms with Crippen LogP contribution in [0, 0.1) is 11.8 Å². The van der Waals surface area contributed by atoms with Crippen molar-refractivity contribution in [3.8, 4) is 17.6 Å². The number of imidazole rings is 1. The fourth-order valence-electron chi connectivity index (χ4n) is 2.85. The molecule has 2 N–H and O–H groups in total. The highest BCUT2D eigenvalue weighted by atomic mass is 32.2. The maximum atomic E-state index is 12.6. The molecule has 0 aliphatic heterocycles. The molecular weight excluding hydrogens is 400 g/mol. The van der Waals surface area contributed by atoms with Crippen LogP contribution in [0.15, 0.2) is 39.0 Å². The van der Waals surface area contributed by atoms with E-state index in [4.69, 9.17) is 5.11 Å². The zero-order chi connectivity index (χ0) is 21.3. The number of phenolic OH excluding ortho intramolecular Hbond substituents is 1. The lowest BCUT2D eigenvalue weighted by Gasteiger charge is -2.05. The highest BCUT2D eigenvalue weighted by Gasteiger charge is 2.25. The van der Waals surface area contributed by atoms with Crippen LogP contribution in [0.25, 0.3) is 11.2 Å². The molecule has 152 valence electrons. The van der Waals surface area contributed by atoms with Crippen LogP contribution in [0.4, 0.5) is 0 Å². The first-order valence-electron chi connectivity index (χ1n) is 8.45. The van der Waals surface area contributed by atoms with Gasteiger partial charge in [-0.05, 0) is 18.2 Å².